The highest BCUT2D eigenvalue weighted by molar-refractivity contribution is 7.87. The normalized spacial score (nSPS) is 22.4. The molecule has 5 nitrogen and oxygen atoms in total. The molecule has 0 spiro atoms. The predicted octanol–water partition coefficient (Wildman–Crippen LogP) is -0.170. The summed E-state index contributed by atoms with van der Waals surface area (Å²) in [7, 11) is -3.23. The molecule has 74 valence electrons. The van der Waals surface area contributed by atoms with Gasteiger partial charge in [-0.05, 0) is 12.8 Å². The molecule has 6 heteroatoms. The monoisotopic (exact) mass is 203 g/mol. The molecule has 0 aromatic rings. The predicted molar refractivity (Wildman–Crippen MR) is 48.0 cm³/mol. The van der Waals surface area contributed by atoms with Gasteiger partial charge < -0.3 is 0 Å². The van der Waals surface area contributed by atoms with Crippen LogP contribution in [-0.2, 0) is 10.2 Å². The molecule has 1 fully saturated rings. The van der Waals surface area contributed by atoms with Crippen LogP contribution in [0, 0.1) is 11.3 Å². The minimum atomic E-state index is -3.23. The summed E-state index contributed by atoms with van der Waals surface area (Å²) in [5, 5.41) is 8.29. The third kappa shape index (κ3) is 2.95. The van der Waals surface area contributed by atoms with Crippen LogP contribution < -0.4 is 4.72 Å². The maximum atomic E-state index is 11.3. The molecule has 0 aromatic carbocycles. The topological polar surface area (TPSA) is 73.2 Å². The lowest BCUT2D eigenvalue weighted by atomic mass is 10.3. The van der Waals surface area contributed by atoms with Gasteiger partial charge in [-0.15, -0.1) is 0 Å². The van der Waals surface area contributed by atoms with Gasteiger partial charge in [-0.3, -0.25) is 0 Å². The van der Waals surface area contributed by atoms with E-state index in [9.17, 15) is 8.42 Å². The fraction of sp³-hybridized carbons (Fsp3) is 0.857. The molecule has 1 N–H and O–H groups in total. The second-order valence-corrected chi connectivity index (χ2v) is 4.67. The van der Waals surface area contributed by atoms with Crippen LogP contribution in [0.2, 0.25) is 0 Å². The molecule has 13 heavy (non-hydrogen) atoms. The van der Waals surface area contributed by atoms with E-state index >= 15 is 0 Å². The molecular weight excluding hydrogens is 190 g/mol. The fourth-order valence-corrected chi connectivity index (χ4v) is 2.56. The number of hydrogen-bond acceptors (Lipinski definition) is 3. The van der Waals surface area contributed by atoms with Crippen molar-refractivity contribution in [3.63, 3.8) is 0 Å². The second kappa shape index (κ2) is 4.56. The zero-order valence-electron chi connectivity index (χ0n) is 7.36. The van der Waals surface area contributed by atoms with E-state index in [1.807, 2.05) is 6.07 Å². The fourth-order valence-electron chi connectivity index (χ4n) is 1.23. The van der Waals surface area contributed by atoms with Crippen molar-refractivity contribution >= 4 is 10.2 Å². The largest absolute Gasteiger partial charge is 0.279 e. The average molecular weight is 203 g/mol. The average Bonchev–Trinajstić information content (AvgIpc) is 2.08. The molecule has 0 amide bonds. The Kier molecular flexibility index (Phi) is 3.66. The summed E-state index contributed by atoms with van der Waals surface area (Å²) in [4.78, 5) is 0. The Bertz CT molecular complexity index is 293. The molecule has 0 radical (unpaired) electrons. The molecular formula is C7H13N3O2S. The molecule has 1 rings (SSSR count). The van der Waals surface area contributed by atoms with Crippen molar-refractivity contribution in [1.29, 1.82) is 5.26 Å². The van der Waals surface area contributed by atoms with Crippen LogP contribution in [0.15, 0.2) is 0 Å². The number of nitrogens with zero attached hydrogens (tertiary/aromatic N) is 2. The summed E-state index contributed by atoms with van der Waals surface area (Å²) >= 11 is 0. The van der Waals surface area contributed by atoms with Crippen molar-refractivity contribution in [2.24, 2.45) is 0 Å². The van der Waals surface area contributed by atoms with Gasteiger partial charge in [-0.2, -0.15) is 18.0 Å². The summed E-state index contributed by atoms with van der Waals surface area (Å²) in [5.74, 6) is 0. The summed E-state index contributed by atoms with van der Waals surface area (Å²) in [6.07, 6.45) is 1.86. The zero-order chi connectivity index (χ0) is 9.73. The first-order valence-electron chi connectivity index (χ1n) is 4.28. The van der Waals surface area contributed by atoms with Gasteiger partial charge in [-0.25, -0.2) is 4.72 Å². The number of nitrogens with one attached hydrogen (secondary N) is 1. The molecule has 0 saturated carbocycles. The molecule has 0 atom stereocenters. The van der Waals surface area contributed by atoms with E-state index in [1.165, 1.54) is 4.31 Å². The molecule has 0 unspecified atom stereocenters. The van der Waals surface area contributed by atoms with Crippen LogP contribution in [0.25, 0.3) is 0 Å². The highest BCUT2D eigenvalue weighted by Crippen LogP contribution is 2.06. The van der Waals surface area contributed by atoms with Crippen molar-refractivity contribution in [3.05, 3.63) is 0 Å². The van der Waals surface area contributed by atoms with Crippen LogP contribution in [0.5, 0.6) is 0 Å². The first-order valence-corrected chi connectivity index (χ1v) is 5.72. The van der Waals surface area contributed by atoms with Gasteiger partial charge in [0.2, 0.25) is 0 Å². The lowest BCUT2D eigenvalue weighted by Crippen LogP contribution is -2.47. The van der Waals surface area contributed by atoms with E-state index in [0.29, 0.717) is 32.5 Å². The van der Waals surface area contributed by atoms with Crippen molar-refractivity contribution in [1.82, 2.24) is 9.03 Å². The summed E-state index contributed by atoms with van der Waals surface area (Å²) in [5.41, 5.74) is 0. The lowest BCUT2D eigenvalue weighted by Gasteiger charge is -2.26. The minimum absolute atomic E-state index is 0.409. The van der Waals surface area contributed by atoms with Gasteiger partial charge in [0.05, 0.1) is 6.07 Å². The maximum Gasteiger partial charge on any atom is 0.279 e. The first kappa shape index (κ1) is 10.4. The number of unbranched alkanes of at least 4 members (excludes halogenated alkanes) is 1. The maximum absolute atomic E-state index is 11.3. The van der Waals surface area contributed by atoms with Crippen molar-refractivity contribution < 1.29 is 8.42 Å². The van der Waals surface area contributed by atoms with Gasteiger partial charge in [0.15, 0.2) is 0 Å². The molecule has 1 aliphatic rings. The van der Waals surface area contributed by atoms with Crippen LogP contribution >= 0.6 is 0 Å². The summed E-state index contributed by atoms with van der Waals surface area (Å²) < 4.78 is 26.5. The van der Waals surface area contributed by atoms with Gasteiger partial charge in [0.25, 0.3) is 10.2 Å². The van der Waals surface area contributed by atoms with E-state index in [4.69, 9.17) is 5.26 Å². The second-order valence-electron chi connectivity index (χ2n) is 2.91. The quantitative estimate of drug-likeness (QED) is 0.647. The van der Waals surface area contributed by atoms with Crippen molar-refractivity contribution in [2.45, 2.75) is 19.3 Å². The molecule has 1 saturated heterocycles. The van der Waals surface area contributed by atoms with Crippen molar-refractivity contribution in [2.75, 3.05) is 19.6 Å². The smallest absolute Gasteiger partial charge is 0.202 e. The Labute approximate surface area is 78.5 Å². The van der Waals surface area contributed by atoms with E-state index in [-0.39, 0.29) is 0 Å². The lowest BCUT2D eigenvalue weighted by molar-refractivity contribution is 0.371. The molecule has 0 aromatic heterocycles. The Hall–Kier alpha value is -0.640. The highest BCUT2D eigenvalue weighted by Gasteiger charge is 2.24. The van der Waals surface area contributed by atoms with E-state index in [2.05, 4.69) is 4.72 Å². The highest BCUT2D eigenvalue weighted by atomic mass is 32.2. The van der Waals surface area contributed by atoms with Gasteiger partial charge >= 0.3 is 0 Å². The first-order chi connectivity index (χ1) is 6.17. The Morgan fingerprint density at radius 2 is 2.31 bits per heavy atom. The number of rotatable bonds is 3. The third-order valence-electron chi connectivity index (χ3n) is 1.90. The Balaban J connectivity index is 2.43. The van der Waals surface area contributed by atoms with Crippen LogP contribution in [0.4, 0.5) is 0 Å². The standard InChI is InChI=1S/C7H13N3O2S/c8-4-1-2-6-10-7-3-5-9-13(10,11)12/h9H,1-3,5-7H2. The van der Waals surface area contributed by atoms with Crippen molar-refractivity contribution in [3.8, 4) is 6.07 Å². The van der Waals surface area contributed by atoms with Crippen LogP contribution in [-0.4, -0.2) is 32.4 Å². The molecule has 0 aliphatic carbocycles. The molecule has 0 bridgehead atoms. The third-order valence-corrected chi connectivity index (χ3v) is 3.52. The number of nitriles is 1. The number of hydrogen-bond donors (Lipinski definition) is 1. The van der Waals surface area contributed by atoms with E-state index < -0.39 is 10.2 Å². The van der Waals surface area contributed by atoms with E-state index in [0.717, 1.165) is 6.42 Å². The van der Waals surface area contributed by atoms with Crippen LogP contribution in [0.1, 0.15) is 19.3 Å². The van der Waals surface area contributed by atoms with Gasteiger partial charge in [0, 0.05) is 26.1 Å². The van der Waals surface area contributed by atoms with Gasteiger partial charge in [0.1, 0.15) is 0 Å². The Morgan fingerprint density at radius 1 is 1.54 bits per heavy atom. The molecule has 1 heterocycles. The molecule has 1 aliphatic heterocycles. The SMILES string of the molecule is N#CCCCN1CCCNS1(=O)=O. The Morgan fingerprint density at radius 3 is 2.92 bits per heavy atom. The summed E-state index contributed by atoms with van der Waals surface area (Å²) in [6.45, 7) is 1.54. The minimum Gasteiger partial charge on any atom is -0.202 e. The van der Waals surface area contributed by atoms with Crippen LogP contribution in [0.3, 0.4) is 0 Å². The zero-order valence-corrected chi connectivity index (χ0v) is 8.18. The van der Waals surface area contributed by atoms with Gasteiger partial charge in [-0.1, -0.05) is 0 Å². The van der Waals surface area contributed by atoms with E-state index in [1.54, 1.807) is 0 Å². The summed E-state index contributed by atoms with van der Waals surface area (Å²) in [6, 6.07) is 1.99.